The molecule has 0 saturated heterocycles. The van der Waals surface area contributed by atoms with Crippen LogP contribution in [-0.4, -0.2) is 0 Å². The van der Waals surface area contributed by atoms with Gasteiger partial charge in [-0.05, 0) is 41.9 Å². The molecule has 0 spiro atoms. The molecule has 2 aromatic rings. The normalized spacial score (nSPS) is 16.9. The summed E-state index contributed by atoms with van der Waals surface area (Å²) in [4.78, 5) is 0. The quantitative estimate of drug-likeness (QED) is 0.866. The molecule has 1 unspecified atom stereocenters. The van der Waals surface area contributed by atoms with E-state index in [1.54, 1.807) is 0 Å². The van der Waals surface area contributed by atoms with Crippen LogP contribution in [0.4, 0.5) is 0 Å². The van der Waals surface area contributed by atoms with Gasteiger partial charge in [-0.2, -0.15) is 0 Å². The molecule has 0 radical (unpaired) electrons. The van der Waals surface area contributed by atoms with Crippen LogP contribution in [-0.2, 0) is 6.42 Å². The molecule has 0 heterocycles. The summed E-state index contributed by atoms with van der Waals surface area (Å²) in [7, 11) is 0. The molecule has 0 amide bonds. The van der Waals surface area contributed by atoms with Crippen molar-refractivity contribution in [3.63, 3.8) is 0 Å². The van der Waals surface area contributed by atoms with E-state index in [0.717, 1.165) is 12.3 Å². The minimum Gasteiger partial charge on any atom is -0.324 e. The second kappa shape index (κ2) is 5.58. The van der Waals surface area contributed by atoms with Gasteiger partial charge in [0.05, 0.1) is 0 Å². The first-order valence-corrected chi connectivity index (χ1v) is 7.22. The van der Waals surface area contributed by atoms with Crippen molar-refractivity contribution in [3.05, 3.63) is 71.3 Å². The molecule has 2 N–H and O–H groups in total. The second-order valence-electron chi connectivity index (χ2n) is 5.59. The van der Waals surface area contributed by atoms with E-state index >= 15 is 0 Å². The van der Waals surface area contributed by atoms with Crippen LogP contribution in [0.15, 0.2) is 54.6 Å². The molecule has 1 nitrogen and oxygen atoms in total. The molecule has 98 valence electrons. The molecule has 1 saturated carbocycles. The summed E-state index contributed by atoms with van der Waals surface area (Å²) in [6.07, 6.45) is 4.98. The molecule has 0 bridgehead atoms. The maximum Gasteiger partial charge on any atom is 0.0335 e. The predicted octanol–water partition coefficient (Wildman–Crippen LogP) is 4.20. The molecule has 1 heteroatoms. The van der Waals surface area contributed by atoms with Crippen LogP contribution in [0.1, 0.15) is 47.9 Å². The topological polar surface area (TPSA) is 26.0 Å². The zero-order chi connectivity index (χ0) is 13.1. The molecule has 1 aliphatic rings. The van der Waals surface area contributed by atoms with Gasteiger partial charge in [0.25, 0.3) is 0 Å². The van der Waals surface area contributed by atoms with E-state index in [2.05, 4.69) is 48.5 Å². The lowest BCUT2D eigenvalue weighted by molar-refractivity contribution is 0.419. The summed E-state index contributed by atoms with van der Waals surface area (Å²) in [5.74, 6) is 0.781. The van der Waals surface area contributed by atoms with Gasteiger partial charge >= 0.3 is 0 Å². The van der Waals surface area contributed by atoms with Crippen molar-refractivity contribution < 1.29 is 0 Å². The second-order valence-corrected chi connectivity index (χ2v) is 5.59. The summed E-state index contributed by atoms with van der Waals surface area (Å²) in [5.41, 5.74) is 10.4. The number of rotatable bonds is 4. The summed E-state index contributed by atoms with van der Waals surface area (Å²) >= 11 is 0. The molecule has 1 aliphatic carbocycles. The molecule has 0 aliphatic heterocycles. The Labute approximate surface area is 115 Å². The van der Waals surface area contributed by atoms with Crippen LogP contribution >= 0.6 is 0 Å². The third-order valence-electron chi connectivity index (χ3n) is 4.21. The number of hydrogen-bond donors (Lipinski definition) is 1. The van der Waals surface area contributed by atoms with Gasteiger partial charge in [-0.25, -0.2) is 0 Å². The Balaban J connectivity index is 1.74. The van der Waals surface area contributed by atoms with E-state index in [4.69, 9.17) is 5.73 Å². The average Bonchev–Trinajstić information content (AvgIpc) is 2.38. The SMILES string of the molecule is NC(Cc1ccccc1)c1cccc(C2CCC2)c1. The van der Waals surface area contributed by atoms with E-state index in [1.807, 2.05) is 6.07 Å². The summed E-state index contributed by atoms with van der Waals surface area (Å²) < 4.78 is 0. The molecule has 1 fully saturated rings. The predicted molar refractivity (Wildman–Crippen MR) is 80.1 cm³/mol. The van der Waals surface area contributed by atoms with Crippen LogP contribution in [0.2, 0.25) is 0 Å². The third-order valence-corrected chi connectivity index (χ3v) is 4.21. The fourth-order valence-corrected chi connectivity index (χ4v) is 2.77. The molecule has 1 atom stereocenters. The highest BCUT2D eigenvalue weighted by Gasteiger charge is 2.20. The minimum absolute atomic E-state index is 0.0995. The van der Waals surface area contributed by atoms with Crippen molar-refractivity contribution in [1.29, 1.82) is 0 Å². The van der Waals surface area contributed by atoms with Crippen LogP contribution < -0.4 is 5.73 Å². The van der Waals surface area contributed by atoms with Crippen LogP contribution in [0.3, 0.4) is 0 Å². The molecule has 2 aromatic carbocycles. The van der Waals surface area contributed by atoms with Gasteiger partial charge in [0.15, 0.2) is 0 Å². The Morgan fingerprint density at radius 1 is 1.00 bits per heavy atom. The molecule has 0 aromatic heterocycles. The summed E-state index contributed by atoms with van der Waals surface area (Å²) in [5, 5.41) is 0. The Bertz CT molecular complexity index is 528. The fraction of sp³-hybridized carbons (Fsp3) is 0.333. The van der Waals surface area contributed by atoms with Gasteiger partial charge in [0, 0.05) is 6.04 Å². The van der Waals surface area contributed by atoms with Crippen LogP contribution in [0.5, 0.6) is 0 Å². The van der Waals surface area contributed by atoms with Gasteiger partial charge in [-0.3, -0.25) is 0 Å². The van der Waals surface area contributed by atoms with E-state index in [0.29, 0.717) is 0 Å². The number of benzene rings is 2. The first-order valence-electron chi connectivity index (χ1n) is 7.22. The van der Waals surface area contributed by atoms with E-state index in [1.165, 1.54) is 36.0 Å². The number of nitrogens with two attached hydrogens (primary N) is 1. The lowest BCUT2D eigenvalue weighted by Crippen LogP contribution is -2.15. The average molecular weight is 251 g/mol. The monoisotopic (exact) mass is 251 g/mol. The van der Waals surface area contributed by atoms with E-state index in [9.17, 15) is 0 Å². The highest BCUT2D eigenvalue weighted by atomic mass is 14.6. The van der Waals surface area contributed by atoms with Crippen molar-refractivity contribution in [3.8, 4) is 0 Å². The summed E-state index contributed by atoms with van der Waals surface area (Å²) in [6.45, 7) is 0. The Hall–Kier alpha value is -1.60. The van der Waals surface area contributed by atoms with Crippen molar-refractivity contribution in [2.45, 2.75) is 37.6 Å². The molecular weight excluding hydrogens is 230 g/mol. The largest absolute Gasteiger partial charge is 0.324 e. The van der Waals surface area contributed by atoms with Crippen molar-refractivity contribution in [1.82, 2.24) is 0 Å². The maximum absolute atomic E-state index is 6.36. The first kappa shape index (κ1) is 12.4. The standard InChI is InChI=1S/C18H21N/c19-18(12-14-6-2-1-3-7-14)17-11-5-10-16(13-17)15-8-4-9-15/h1-3,5-7,10-11,13,15,18H,4,8-9,12,19H2. The number of hydrogen-bond acceptors (Lipinski definition) is 1. The van der Waals surface area contributed by atoms with Gasteiger partial charge < -0.3 is 5.73 Å². The van der Waals surface area contributed by atoms with Gasteiger partial charge in [0.2, 0.25) is 0 Å². The Morgan fingerprint density at radius 2 is 1.79 bits per heavy atom. The lowest BCUT2D eigenvalue weighted by atomic mass is 9.79. The molecular formula is C18H21N. The molecule has 3 rings (SSSR count). The highest BCUT2D eigenvalue weighted by Crippen LogP contribution is 2.37. The van der Waals surface area contributed by atoms with Crippen LogP contribution in [0, 0.1) is 0 Å². The van der Waals surface area contributed by atoms with E-state index < -0.39 is 0 Å². The Kier molecular flexibility index (Phi) is 3.65. The van der Waals surface area contributed by atoms with Crippen molar-refractivity contribution in [2.75, 3.05) is 0 Å². The van der Waals surface area contributed by atoms with Crippen molar-refractivity contribution in [2.24, 2.45) is 5.73 Å². The smallest absolute Gasteiger partial charge is 0.0335 e. The first-order chi connectivity index (χ1) is 9.33. The van der Waals surface area contributed by atoms with Crippen LogP contribution in [0.25, 0.3) is 0 Å². The van der Waals surface area contributed by atoms with E-state index in [-0.39, 0.29) is 6.04 Å². The molecule has 19 heavy (non-hydrogen) atoms. The fourth-order valence-electron chi connectivity index (χ4n) is 2.77. The maximum atomic E-state index is 6.36. The van der Waals surface area contributed by atoms with Gasteiger partial charge in [0.1, 0.15) is 0 Å². The summed E-state index contributed by atoms with van der Waals surface area (Å²) in [6, 6.07) is 19.5. The van der Waals surface area contributed by atoms with Crippen molar-refractivity contribution >= 4 is 0 Å². The lowest BCUT2D eigenvalue weighted by Gasteiger charge is -2.26. The van der Waals surface area contributed by atoms with Gasteiger partial charge in [-0.15, -0.1) is 0 Å². The third kappa shape index (κ3) is 2.87. The minimum atomic E-state index is 0.0995. The van der Waals surface area contributed by atoms with Gasteiger partial charge in [-0.1, -0.05) is 61.0 Å². The Morgan fingerprint density at radius 3 is 2.47 bits per heavy atom. The zero-order valence-corrected chi connectivity index (χ0v) is 11.3. The highest BCUT2D eigenvalue weighted by molar-refractivity contribution is 5.30. The zero-order valence-electron chi connectivity index (χ0n) is 11.3.